The number of rotatable bonds is 1. The van der Waals surface area contributed by atoms with Gasteiger partial charge in [0.1, 0.15) is 0 Å². The van der Waals surface area contributed by atoms with E-state index in [1.807, 2.05) is 0 Å². The van der Waals surface area contributed by atoms with E-state index in [9.17, 15) is 4.79 Å². The zero-order valence-corrected chi connectivity index (χ0v) is 12.3. The van der Waals surface area contributed by atoms with Gasteiger partial charge in [0.25, 0.3) is 0 Å². The molecule has 0 saturated heterocycles. The summed E-state index contributed by atoms with van der Waals surface area (Å²) in [4.78, 5) is 10.0. The van der Waals surface area contributed by atoms with Gasteiger partial charge in [0.15, 0.2) is 5.78 Å². The van der Waals surface area contributed by atoms with Crippen LogP contribution in [-0.2, 0) is 24.9 Å². The molecule has 1 rings (SSSR count). The molecule has 2 nitrogen and oxygen atoms in total. The topological polar surface area (TPSA) is 37.3 Å². The molecule has 1 aliphatic carbocycles. The van der Waals surface area contributed by atoms with E-state index in [4.69, 9.17) is 5.11 Å². The van der Waals surface area contributed by atoms with Crippen LogP contribution < -0.4 is 0 Å². The van der Waals surface area contributed by atoms with Crippen LogP contribution in [0.25, 0.3) is 0 Å². The van der Waals surface area contributed by atoms with Crippen LogP contribution >= 0.6 is 0 Å². The fourth-order valence-corrected chi connectivity index (χ4v) is 1.15. The molecule has 0 saturated carbocycles. The maximum absolute atomic E-state index is 10.0. The van der Waals surface area contributed by atoms with Crippen molar-refractivity contribution in [3.8, 4) is 0 Å². The second kappa shape index (κ2) is 12.4. The van der Waals surface area contributed by atoms with Crippen molar-refractivity contribution < 1.29 is 30.0 Å². The van der Waals surface area contributed by atoms with Crippen LogP contribution in [0.1, 0.15) is 39.5 Å². The molecule has 0 fully saturated rings. The van der Waals surface area contributed by atoms with Crippen LogP contribution in [0.3, 0.4) is 0 Å². The van der Waals surface area contributed by atoms with Gasteiger partial charge in [0, 0.05) is 26.2 Å². The molecule has 0 amide bonds. The largest absolute Gasteiger partial charge is 0.512 e. The summed E-state index contributed by atoms with van der Waals surface area (Å²) in [5.41, 5.74) is 0. The molecule has 0 bridgehead atoms. The first-order chi connectivity index (χ1) is 7.13. The minimum Gasteiger partial charge on any atom is -0.512 e. The molecule has 0 heterocycles. The van der Waals surface area contributed by atoms with Crippen LogP contribution in [-0.4, -0.2) is 10.9 Å². The van der Waals surface area contributed by atoms with Gasteiger partial charge >= 0.3 is 0 Å². The molecular formula is C13H20IrO2. The molecule has 1 radical (unpaired) electrons. The second-order valence-electron chi connectivity index (χ2n) is 3.49. The zero-order valence-electron chi connectivity index (χ0n) is 9.90. The number of carbonyl (C=O) groups is 1. The van der Waals surface area contributed by atoms with E-state index in [-0.39, 0.29) is 31.6 Å². The smallest absolute Gasteiger partial charge is 0.155 e. The van der Waals surface area contributed by atoms with Gasteiger partial charge in [0.2, 0.25) is 0 Å². The minimum absolute atomic E-state index is 0. The van der Waals surface area contributed by atoms with Gasteiger partial charge in [-0.3, -0.25) is 4.79 Å². The van der Waals surface area contributed by atoms with E-state index in [1.54, 1.807) is 0 Å². The Bertz CT molecular complexity index is 235. The Kier molecular flexibility index (Phi) is 13.7. The van der Waals surface area contributed by atoms with E-state index in [2.05, 4.69) is 24.3 Å². The SMILES string of the molecule is C1=CCCC=CCC1.CC(=O)C=C(C)O.[Ir]. The molecule has 1 N–H and O–H groups in total. The third-order valence-corrected chi connectivity index (χ3v) is 1.75. The van der Waals surface area contributed by atoms with Crippen LogP contribution in [0, 0.1) is 0 Å². The summed E-state index contributed by atoms with van der Waals surface area (Å²) in [7, 11) is 0. The van der Waals surface area contributed by atoms with E-state index >= 15 is 0 Å². The van der Waals surface area contributed by atoms with Crippen LogP contribution in [0.15, 0.2) is 36.1 Å². The standard InChI is InChI=1S/C8H12.C5H8O2.Ir/c1-2-4-6-8-7-5-3-1;1-4(6)3-5(2)7;/h1-2,7-8H,3-6H2;3,6H,1-2H3;. The maximum Gasteiger partial charge on any atom is 0.155 e. The molecule has 0 aliphatic heterocycles. The van der Waals surface area contributed by atoms with Crippen molar-refractivity contribution in [1.82, 2.24) is 0 Å². The quantitative estimate of drug-likeness (QED) is 0.414. The van der Waals surface area contributed by atoms with Gasteiger partial charge < -0.3 is 5.11 Å². The number of carbonyl (C=O) groups excluding carboxylic acids is 1. The van der Waals surface area contributed by atoms with Gasteiger partial charge in [0.05, 0.1) is 5.76 Å². The average Bonchev–Trinajstić information content (AvgIpc) is 1.99. The molecule has 0 aromatic carbocycles. The van der Waals surface area contributed by atoms with Gasteiger partial charge in [-0.25, -0.2) is 0 Å². The third-order valence-electron chi connectivity index (χ3n) is 1.75. The monoisotopic (exact) mass is 401 g/mol. The summed E-state index contributed by atoms with van der Waals surface area (Å²) in [6.45, 7) is 2.85. The first-order valence-corrected chi connectivity index (χ1v) is 5.30. The number of allylic oxidation sites excluding steroid dienone is 6. The van der Waals surface area contributed by atoms with Crippen molar-refractivity contribution in [2.75, 3.05) is 0 Å². The van der Waals surface area contributed by atoms with Gasteiger partial charge in [-0.05, 0) is 39.5 Å². The van der Waals surface area contributed by atoms with Gasteiger partial charge in [-0.2, -0.15) is 0 Å². The van der Waals surface area contributed by atoms with E-state index in [1.165, 1.54) is 45.6 Å². The second-order valence-corrected chi connectivity index (χ2v) is 3.49. The Morgan fingerprint density at radius 3 is 1.44 bits per heavy atom. The number of hydrogen-bond donors (Lipinski definition) is 1. The summed E-state index contributed by atoms with van der Waals surface area (Å²) in [6.07, 6.45) is 15.2. The van der Waals surface area contributed by atoms with E-state index in [0.717, 1.165) is 0 Å². The molecule has 0 aromatic heterocycles. The Morgan fingerprint density at radius 2 is 1.31 bits per heavy atom. The van der Waals surface area contributed by atoms with Crippen molar-refractivity contribution in [2.24, 2.45) is 0 Å². The van der Waals surface area contributed by atoms with Crippen molar-refractivity contribution >= 4 is 5.78 Å². The molecular weight excluding hydrogens is 380 g/mol. The van der Waals surface area contributed by atoms with E-state index < -0.39 is 0 Å². The molecule has 16 heavy (non-hydrogen) atoms. The Labute approximate surface area is 111 Å². The first kappa shape index (κ1) is 17.7. The number of hydrogen-bond acceptors (Lipinski definition) is 2. The molecule has 93 valence electrons. The van der Waals surface area contributed by atoms with Crippen LogP contribution in [0.2, 0.25) is 0 Å². The molecule has 0 spiro atoms. The molecule has 3 heteroatoms. The van der Waals surface area contributed by atoms with Crippen molar-refractivity contribution in [3.05, 3.63) is 36.1 Å². The van der Waals surface area contributed by atoms with Gasteiger partial charge in [-0.15, -0.1) is 0 Å². The Morgan fingerprint density at radius 1 is 1.00 bits per heavy atom. The molecule has 0 unspecified atom stereocenters. The zero-order chi connectivity index (χ0) is 11.5. The predicted octanol–water partition coefficient (Wildman–Crippen LogP) is 3.71. The normalized spacial score (nSPS) is 15.0. The Balaban J connectivity index is 0. The third kappa shape index (κ3) is 15.8. The fourth-order valence-electron chi connectivity index (χ4n) is 1.15. The van der Waals surface area contributed by atoms with Crippen LogP contribution in [0.4, 0.5) is 0 Å². The number of aliphatic hydroxyl groups excluding tert-OH is 1. The molecule has 0 atom stereocenters. The van der Waals surface area contributed by atoms with Crippen molar-refractivity contribution in [3.63, 3.8) is 0 Å². The summed E-state index contributed by atoms with van der Waals surface area (Å²) >= 11 is 0. The minimum atomic E-state index is -0.125. The summed E-state index contributed by atoms with van der Waals surface area (Å²) in [6, 6.07) is 0. The molecule has 0 aromatic rings. The average molecular weight is 401 g/mol. The van der Waals surface area contributed by atoms with Crippen molar-refractivity contribution in [2.45, 2.75) is 39.5 Å². The number of ketones is 1. The first-order valence-electron chi connectivity index (χ1n) is 5.30. The van der Waals surface area contributed by atoms with Gasteiger partial charge in [-0.1, -0.05) is 24.3 Å². The summed E-state index contributed by atoms with van der Waals surface area (Å²) in [5.74, 6) is -0.0625. The number of aliphatic hydroxyl groups is 1. The van der Waals surface area contributed by atoms with Crippen molar-refractivity contribution in [1.29, 1.82) is 0 Å². The molecule has 1 aliphatic rings. The Hall–Kier alpha value is -0.661. The summed E-state index contributed by atoms with van der Waals surface area (Å²) in [5, 5.41) is 8.36. The summed E-state index contributed by atoms with van der Waals surface area (Å²) < 4.78 is 0. The fraction of sp³-hybridized carbons (Fsp3) is 0.462. The predicted molar refractivity (Wildman–Crippen MR) is 63.8 cm³/mol. The maximum atomic E-state index is 10.0. The van der Waals surface area contributed by atoms with E-state index in [0.29, 0.717) is 0 Å². The van der Waals surface area contributed by atoms with Crippen LogP contribution in [0.5, 0.6) is 0 Å².